The number of benzene rings is 2. The van der Waals surface area contributed by atoms with Crippen LogP contribution in [0.25, 0.3) is 11.4 Å². The first-order valence-corrected chi connectivity index (χ1v) is 14.1. The van der Waals surface area contributed by atoms with E-state index >= 15 is 0 Å². The molecule has 0 bridgehead atoms. The van der Waals surface area contributed by atoms with Crippen LogP contribution >= 0.6 is 0 Å². The highest BCUT2D eigenvalue weighted by atomic mass is 19.4. The Hall–Kier alpha value is -4.96. The molecule has 0 saturated carbocycles. The number of anilines is 2. The number of fused-ring (bicyclic) bond motifs is 1. The highest BCUT2D eigenvalue weighted by molar-refractivity contribution is 5.90. The van der Waals surface area contributed by atoms with Crippen molar-refractivity contribution in [3.8, 4) is 17.1 Å². The molecule has 0 unspecified atom stereocenters. The van der Waals surface area contributed by atoms with Crippen LogP contribution in [-0.4, -0.2) is 56.4 Å². The van der Waals surface area contributed by atoms with E-state index in [1.807, 2.05) is 6.92 Å². The standard InChI is InChI=1S/C29H28F6N8O3/c1-4-20-11-24(22-12-21(45-3)6-7-23(22)43(20)27(44)46-5-2)42(26-36-13-17(14-37-26)25-38-40-41-39-25)15-16-8-18(28(30,31)32)10-19(9-16)29(33,34)35/h6-10,12-14,20,24H,4-5,11,15H2,1-3H3,(H,38,39,40,41)/t20-,24+/m1/s1. The van der Waals surface area contributed by atoms with Crippen molar-refractivity contribution in [2.45, 2.75) is 57.7 Å². The molecule has 244 valence electrons. The number of nitrogens with one attached hydrogen (secondary N) is 1. The maximum absolute atomic E-state index is 13.8. The van der Waals surface area contributed by atoms with E-state index in [1.165, 1.54) is 29.3 Å². The normalized spacial score (nSPS) is 16.6. The second-order valence-electron chi connectivity index (χ2n) is 10.4. The van der Waals surface area contributed by atoms with E-state index in [0.29, 0.717) is 41.1 Å². The summed E-state index contributed by atoms with van der Waals surface area (Å²) < 4.78 is 93.6. The van der Waals surface area contributed by atoms with Crippen LogP contribution in [0.15, 0.2) is 48.8 Å². The van der Waals surface area contributed by atoms with Crippen molar-refractivity contribution in [1.82, 2.24) is 30.6 Å². The first-order chi connectivity index (χ1) is 21.8. The number of hydrogen-bond donors (Lipinski definition) is 1. The Labute approximate surface area is 258 Å². The van der Waals surface area contributed by atoms with Gasteiger partial charge in [-0.15, -0.1) is 10.2 Å². The van der Waals surface area contributed by atoms with Crippen molar-refractivity contribution in [2.75, 3.05) is 23.5 Å². The zero-order valence-corrected chi connectivity index (χ0v) is 24.7. The number of carbonyl (C=O) groups excluding carboxylic acids is 1. The van der Waals surface area contributed by atoms with Gasteiger partial charge in [0.05, 0.1) is 42.1 Å². The SMILES string of the molecule is CCOC(=O)N1c2ccc(OC)cc2[C@@H](N(Cc2cc(C(F)(F)F)cc(C(F)(F)F)c2)c2ncc(-c3nn[nH]n3)cn2)C[C@H]1CC. The smallest absolute Gasteiger partial charge is 0.416 e. The molecule has 11 nitrogen and oxygen atoms in total. The molecule has 5 rings (SSSR count). The average molecular weight is 651 g/mol. The van der Waals surface area contributed by atoms with Gasteiger partial charge in [0.2, 0.25) is 11.8 Å². The first-order valence-electron chi connectivity index (χ1n) is 14.1. The molecule has 1 aliphatic rings. The quantitative estimate of drug-likeness (QED) is 0.210. The van der Waals surface area contributed by atoms with Gasteiger partial charge in [-0.1, -0.05) is 6.92 Å². The molecule has 0 spiro atoms. The lowest BCUT2D eigenvalue weighted by Crippen LogP contribution is -2.48. The van der Waals surface area contributed by atoms with Gasteiger partial charge in [0.25, 0.3) is 0 Å². The number of hydrogen-bond acceptors (Lipinski definition) is 9. The zero-order chi connectivity index (χ0) is 33.2. The monoisotopic (exact) mass is 650 g/mol. The van der Waals surface area contributed by atoms with Crippen LogP contribution in [-0.2, 0) is 23.6 Å². The average Bonchev–Trinajstić information content (AvgIpc) is 3.57. The van der Waals surface area contributed by atoms with Crippen LogP contribution in [0.1, 0.15) is 55.0 Å². The Bertz CT molecular complexity index is 1630. The van der Waals surface area contributed by atoms with Crippen molar-refractivity contribution in [2.24, 2.45) is 0 Å². The summed E-state index contributed by atoms with van der Waals surface area (Å²) in [6.45, 7) is 3.18. The fourth-order valence-electron chi connectivity index (χ4n) is 5.41. The molecular weight excluding hydrogens is 622 g/mol. The van der Waals surface area contributed by atoms with E-state index in [2.05, 4.69) is 30.6 Å². The molecule has 0 saturated heterocycles. The summed E-state index contributed by atoms with van der Waals surface area (Å²) in [6.07, 6.45) is -7.29. The van der Waals surface area contributed by atoms with Crippen LogP contribution in [0, 0.1) is 0 Å². The van der Waals surface area contributed by atoms with Crippen molar-refractivity contribution < 1.29 is 40.6 Å². The zero-order valence-electron chi connectivity index (χ0n) is 24.7. The summed E-state index contributed by atoms with van der Waals surface area (Å²) in [5.41, 5.74) is -1.87. The summed E-state index contributed by atoms with van der Waals surface area (Å²) >= 11 is 0. The van der Waals surface area contributed by atoms with E-state index in [9.17, 15) is 31.1 Å². The molecule has 2 atom stereocenters. The first kappa shape index (κ1) is 32.4. The number of aromatic nitrogens is 6. The number of methoxy groups -OCH3 is 1. The molecule has 46 heavy (non-hydrogen) atoms. The molecule has 0 radical (unpaired) electrons. The Morgan fingerprint density at radius 2 is 1.70 bits per heavy atom. The van der Waals surface area contributed by atoms with Crippen LogP contribution in [0.4, 0.5) is 42.8 Å². The lowest BCUT2D eigenvalue weighted by molar-refractivity contribution is -0.143. The van der Waals surface area contributed by atoms with Gasteiger partial charge in [-0.05, 0) is 66.9 Å². The third kappa shape index (κ3) is 6.67. The Morgan fingerprint density at radius 3 is 2.24 bits per heavy atom. The molecule has 4 aromatic rings. The Kier molecular flexibility index (Phi) is 9.03. The van der Waals surface area contributed by atoms with E-state index in [0.717, 1.165) is 0 Å². The summed E-state index contributed by atoms with van der Waals surface area (Å²) in [6, 6.07) is 5.19. The number of ether oxygens (including phenoxy) is 2. The van der Waals surface area contributed by atoms with Crippen LogP contribution in [0.5, 0.6) is 5.75 Å². The van der Waals surface area contributed by atoms with Crippen molar-refractivity contribution in [3.05, 3.63) is 71.0 Å². The Morgan fingerprint density at radius 1 is 1.02 bits per heavy atom. The molecule has 1 amide bonds. The van der Waals surface area contributed by atoms with Gasteiger partial charge < -0.3 is 14.4 Å². The number of rotatable bonds is 8. The van der Waals surface area contributed by atoms with Gasteiger partial charge in [-0.25, -0.2) is 14.8 Å². The maximum Gasteiger partial charge on any atom is 0.416 e. The van der Waals surface area contributed by atoms with Gasteiger partial charge in [0.1, 0.15) is 5.75 Å². The lowest BCUT2D eigenvalue weighted by Gasteiger charge is -2.44. The molecule has 0 fully saturated rings. The highest BCUT2D eigenvalue weighted by Gasteiger charge is 2.41. The number of amides is 1. The van der Waals surface area contributed by atoms with Crippen LogP contribution in [0.2, 0.25) is 0 Å². The highest BCUT2D eigenvalue weighted by Crippen LogP contribution is 2.45. The predicted octanol–water partition coefficient (Wildman–Crippen LogP) is 6.60. The Balaban J connectivity index is 1.68. The fourth-order valence-corrected chi connectivity index (χ4v) is 5.41. The minimum Gasteiger partial charge on any atom is -0.497 e. The lowest BCUT2D eigenvalue weighted by atomic mass is 9.88. The number of aromatic amines is 1. The van der Waals surface area contributed by atoms with Gasteiger partial charge in [-0.3, -0.25) is 4.90 Å². The van der Waals surface area contributed by atoms with Crippen molar-refractivity contribution in [3.63, 3.8) is 0 Å². The largest absolute Gasteiger partial charge is 0.497 e. The molecule has 0 aliphatic carbocycles. The summed E-state index contributed by atoms with van der Waals surface area (Å²) in [5.74, 6) is 0.584. The number of halogens is 6. The van der Waals surface area contributed by atoms with Gasteiger partial charge in [0.15, 0.2) is 0 Å². The van der Waals surface area contributed by atoms with Crippen LogP contribution in [0.3, 0.4) is 0 Å². The van der Waals surface area contributed by atoms with Gasteiger partial charge >= 0.3 is 18.4 Å². The summed E-state index contributed by atoms with van der Waals surface area (Å²) in [5, 5.41) is 13.6. The number of H-pyrrole nitrogens is 1. The summed E-state index contributed by atoms with van der Waals surface area (Å²) in [4.78, 5) is 25.0. The fraction of sp³-hybridized carbons (Fsp3) is 0.379. The van der Waals surface area contributed by atoms with Crippen LogP contribution < -0.4 is 14.5 Å². The molecule has 1 N–H and O–H groups in total. The molecule has 1 aliphatic heterocycles. The molecular formula is C29H28F6N8O3. The minimum atomic E-state index is -5.04. The number of carbonyl (C=O) groups is 1. The second-order valence-corrected chi connectivity index (χ2v) is 10.4. The molecule has 17 heteroatoms. The van der Waals surface area contributed by atoms with E-state index in [-0.39, 0.29) is 36.4 Å². The summed E-state index contributed by atoms with van der Waals surface area (Å²) in [7, 11) is 1.44. The third-order valence-corrected chi connectivity index (χ3v) is 7.52. The van der Waals surface area contributed by atoms with Crippen molar-refractivity contribution >= 4 is 17.7 Å². The number of nitrogens with zero attached hydrogens (tertiary/aromatic N) is 7. The van der Waals surface area contributed by atoms with E-state index < -0.39 is 48.2 Å². The van der Waals surface area contributed by atoms with Gasteiger partial charge in [0, 0.05) is 30.5 Å². The molecule has 2 aromatic carbocycles. The topological polar surface area (TPSA) is 122 Å². The van der Waals surface area contributed by atoms with Gasteiger partial charge in [-0.2, -0.15) is 31.6 Å². The minimum absolute atomic E-state index is 0.00331. The second kappa shape index (κ2) is 12.8. The van der Waals surface area contributed by atoms with E-state index in [4.69, 9.17) is 9.47 Å². The molecule has 2 aromatic heterocycles. The van der Waals surface area contributed by atoms with Crippen molar-refractivity contribution in [1.29, 1.82) is 0 Å². The number of tetrazole rings is 1. The molecule has 3 heterocycles. The van der Waals surface area contributed by atoms with E-state index in [1.54, 1.807) is 25.1 Å². The predicted molar refractivity (Wildman–Crippen MR) is 152 cm³/mol. The maximum atomic E-state index is 13.8. The third-order valence-electron chi connectivity index (χ3n) is 7.52. The number of alkyl halides is 6.